The number of hydrogen-bond acceptors (Lipinski definition) is 7. The van der Waals surface area contributed by atoms with Gasteiger partial charge >= 0.3 is 0 Å². The summed E-state index contributed by atoms with van der Waals surface area (Å²) >= 11 is 0. The second-order valence-corrected chi connectivity index (χ2v) is 8.87. The summed E-state index contributed by atoms with van der Waals surface area (Å²) in [4.78, 5) is 32.9. The number of nitrogens with zero attached hydrogens (tertiary/aromatic N) is 5. The van der Waals surface area contributed by atoms with E-state index in [1.165, 1.54) is 6.42 Å². The Morgan fingerprint density at radius 2 is 1.81 bits per heavy atom. The first-order chi connectivity index (χ1) is 15.1. The molecular weight excluding hydrogens is 388 g/mol. The predicted octanol–water partition coefficient (Wildman–Crippen LogP) is 3.50. The first-order valence-electron chi connectivity index (χ1n) is 11.2. The summed E-state index contributed by atoms with van der Waals surface area (Å²) in [5.41, 5.74) is 2.34. The molecule has 0 unspecified atom stereocenters. The van der Waals surface area contributed by atoms with E-state index >= 15 is 0 Å². The predicted molar refractivity (Wildman–Crippen MR) is 121 cm³/mol. The standard InChI is InChI=1S/C24H28N6O/c1-30-7-5-19(6-8-30)28-24-15-25-14-22(29-24)21-10-17-9-20(26-12-18(17)13-27-21)11-23(31)16-3-2-4-16/h9-10,12-16,19H,2-8,11H2,1H3,(H,28,29). The highest BCUT2D eigenvalue weighted by Gasteiger charge is 2.25. The molecule has 4 heterocycles. The van der Waals surface area contributed by atoms with Crippen molar-refractivity contribution >= 4 is 22.4 Å². The van der Waals surface area contributed by atoms with Gasteiger partial charge in [0.05, 0.1) is 18.1 Å². The zero-order valence-corrected chi connectivity index (χ0v) is 17.9. The molecule has 0 bridgehead atoms. The zero-order valence-electron chi connectivity index (χ0n) is 17.9. The minimum Gasteiger partial charge on any atom is -0.366 e. The van der Waals surface area contributed by atoms with Gasteiger partial charge < -0.3 is 10.2 Å². The molecule has 2 fully saturated rings. The Morgan fingerprint density at radius 3 is 2.58 bits per heavy atom. The van der Waals surface area contributed by atoms with Crippen molar-refractivity contribution in [3.63, 3.8) is 0 Å². The largest absolute Gasteiger partial charge is 0.366 e. The lowest BCUT2D eigenvalue weighted by Gasteiger charge is -2.29. The van der Waals surface area contributed by atoms with Gasteiger partial charge in [-0.15, -0.1) is 0 Å². The molecule has 7 nitrogen and oxygen atoms in total. The molecule has 1 saturated carbocycles. The van der Waals surface area contributed by atoms with Crippen LogP contribution in [-0.4, -0.2) is 56.8 Å². The van der Waals surface area contributed by atoms with Crippen LogP contribution < -0.4 is 5.32 Å². The first-order valence-corrected chi connectivity index (χ1v) is 11.2. The van der Waals surface area contributed by atoms with Crippen LogP contribution in [-0.2, 0) is 11.2 Å². The lowest BCUT2D eigenvalue weighted by atomic mass is 9.81. The molecule has 2 aliphatic rings. The minimum atomic E-state index is 0.237. The molecule has 1 aliphatic carbocycles. The molecule has 7 heteroatoms. The Balaban J connectivity index is 1.35. The highest BCUT2D eigenvalue weighted by atomic mass is 16.1. The van der Waals surface area contributed by atoms with Crippen LogP contribution in [0.4, 0.5) is 5.82 Å². The van der Waals surface area contributed by atoms with Crippen LogP contribution in [0.15, 0.2) is 36.9 Å². The van der Waals surface area contributed by atoms with Gasteiger partial charge in [-0.05, 0) is 63.3 Å². The van der Waals surface area contributed by atoms with E-state index in [9.17, 15) is 4.79 Å². The fourth-order valence-corrected chi connectivity index (χ4v) is 4.29. The second kappa shape index (κ2) is 8.67. The number of nitrogens with one attached hydrogen (secondary N) is 1. The van der Waals surface area contributed by atoms with Gasteiger partial charge in [0.15, 0.2) is 0 Å². The number of rotatable bonds is 6. The minimum absolute atomic E-state index is 0.237. The molecule has 3 aromatic heterocycles. The van der Waals surface area contributed by atoms with Gasteiger partial charge in [0.25, 0.3) is 0 Å². The molecule has 160 valence electrons. The number of anilines is 1. The van der Waals surface area contributed by atoms with Crippen LogP contribution in [0.2, 0.25) is 0 Å². The second-order valence-electron chi connectivity index (χ2n) is 8.87. The number of carbonyl (C=O) groups is 1. The number of carbonyl (C=O) groups excluding carboxylic acids is 1. The summed E-state index contributed by atoms with van der Waals surface area (Å²) < 4.78 is 0. The van der Waals surface area contributed by atoms with E-state index in [2.05, 4.69) is 32.2 Å². The van der Waals surface area contributed by atoms with E-state index in [4.69, 9.17) is 4.98 Å². The fourth-order valence-electron chi connectivity index (χ4n) is 4.29. The third kappa shape index (κ3) is 4.56. The van der Waals surface area contributed by atoms with Crippen molar-refractivity contribution in [1.29, 1.82) is 0 Å². The van der Waals surface area contributed by atoms with Gasteiger partial charge in [0.1, 0.15) is 17.3 Å². The maximum absolute atomic E-state index is 12.4. The molecule has 3 aromatic rings. The molecule has 0 atom stereocenters. The molecule has 5 rings (SSSR count). The van der Waals surface area contributed by atoms with Gasteiger partial charge in [0, 0.05) is 41.9 Å². The lowest BCUT2D eigenvalue weighted by molar-refractivity contribution is -0.124. The molecule has 1 aliphatic heterocycles. The highest BCUT2D eigenvalue weighted by Crippen LogP contribution is 2.28. The van der Waals surface area contributed by atoms with Crippen molar-refractivity contribution in [3.8, 4) is 11.4 Å². The monoisotopic (exact) mass is 416 g/mol. The Labute approximate surface area is 182 Å². The Hall–Kier alpha value is -2.93. The van der Waals surface area contributed by atoms with Gasteiger partial charge in [-0.2, -0.15) is 0 Å². The highest BCUT2D eigenvalue weighted by molar-refractivity contribution is 5.87. The number of aromatic nitrogens is 4. The maximum atomic E-state index is 12.4. The van der Waals surface area contributed by atoms with E-state index in [0.29, 0.717) is 18.2 Å². The van der Waals surface area contributed by atoms with Crippen molar-refractivity contribution in [3.05, 3.63) is 42.6 Å². The number of hydrogen-bond donors (Lipinski definition) is 1. The third-order valence-electron chi connectivity index (χ3n) is 6.54. The molecule has 0 radical (unpaired) electrons. The third-order valence-corrected chi connectivity index (χ3v) is 6.54. The lowest BCUT2D eigenvalue weighted by Crippen LogP contribution is -2.36. The average Bonchev–Trinajstić information content (AvgIpc) is 2.74. The molecule has 1 N–H and O–H groups in total. The van der Waals surface area contributed by atoms with Crippen LogP contribution in [0.1, 0.15) is 37.8 Å². The van der Waals surface area contributed by atoms with Crippen molar-refractivity contribution in [2.24, 2.45) is 5.92 Å². The van der Waals surface area contributed by atoms with E-state index in [-0.39, 0.29) is 5.92 Å². The van der Waals surface area contributed by atoms with Crippen molar-refractivity contribution < 1.29 is 4.79 Å². The van der Waals surface area contributed by atoms with E-state index in [0.717, 1.165) is 72.4 Å². The van der Waals surface area contributed by atoms with Crippen LogP contribution in [0.25, 0.3) is 22.2 Å². The number of pyridine rings is 2. The molecule has 31 heavy (non-hydrogen) atoms. The van der Waals surface area contributed by atoms with E-state index < -0.39 is 0 Å². The summed E-state index contributed by atoms with van der Waals surface area (Å²) in [5, 5.41) is 5.50. The number of piperidine rings is 1. The van der Waals surface area contributed by atoms with Crippen LogP contribution >= 0.6 is 0 Å². The SMILES string of the molecule is CN1CCC(Nc2cncc(-c3cc4cc(CC(=O)C5CCC5)ncc4cn3)n2)CC1. The molecule has 0 amide bonds. The van der Waals surface area contributed by atoms with Gasteiger partial charge in [-0.3, -0.25) is 19.7 Å². The van der Waals surface area contributed by atoms with Crippen molar-refractivity contribution in [2.45, 2.75) is 44.6 Å². The number of likely N-dealkylation sites (tertiary alicyclic amines) is 1. The van der Waals surface area contributed by atoms with Gasteiger partial charge in [-0.1, -0.05) is 6.42 Å². The van der Waals surface area contributed by atoms with E-state index in [1.807, 2.05) is 18.3 Å². The van der Waals surface area contributed by atoms with Crippen molar-refractivity contribution in [2.75, 3.05) is 25.5 Å². The fraction of sp³-hybridized carbons (Fsp3) is 0.458. The first kappa shape index (κ1) is 20.0. The zero-order chi connectivity index (χ0) is 21.2. The summed E-state index contributed by atoms with van der Waals surface area (Å²) in [6.45, 7) is 2.19. The number of fused-ring (bicyclic) bond motifs is 1. The van der Waals surface area contributed by atoms with Crippen molar-refractivity contribution in [1.82, 2.24) is 24.8 Å². The summed E-state index contributed by atoms with van der Waals surface area (Å²) in [6.07, 6.45) is 13.0. The molecule has 1 saturated heterocycles. The summed E-state index contributed by atoms with van der Waals surface area (Å²) in [6, 6.07) is 4.44. The maximum Gasteiger partial charge on any atom is 0.145 e. The van der Waals surface area contributed by atoms with Crippen LogP contribution in [0, 0.1) is 5.92 Å². The number of ketones is 1. The molecular formula is C24H28N6O. The average molecular weight is 417 g/mol. The Morgan fingerprint density at radius 1 is 1.00 bits per heavy atom. The normalized spacial score (nSPS) is 18.1. The Bertz CT molecular complexity index is 1090. The molecule has 0 aromatic carbocycles. The van der Waals surface area contributed by atoms with E-state index in [1.54, 1.807) is 18.6 Å². The van der Waals surface area contributed by atoms with Crippen LogP contribution in [0.5, 0.6) is 0 Å². The molecule has 0 spiro atoms. The topological polar surface area (TPSA) is 83.9 Å². The smallest absolute Gasteiger partial charge is 0.145 e. The summed E-state index contributed by atoms with van der Waals surface area (Å²) in [7, 11) is 2.16. The van der Waals surface area contributed by atoms with Crippen LogP contribution in [0.3, 0.4) is 0 Å². The Kier molecular flexibility index (Phi) is 5.59. The number of Topliss-reactive ketones (excluding diaryl/α,β-unsaturated/α-hetero) is 1. The van der Waals surface area contributed by atoms with Gasteiger partial charge in [-0.25, -0.2) is 4.98 Å². The summed E-state index contributed by atoms with van der Waals surface area (Å²) in [5.74, 6) is 1.34. The quantitative estimate of drug-likeness (QED) is 0.658. The van der Waals surface area contributed by atoms with Gasteiger partial charge in [0.2, 0.25) is 0 Å².